The van der Waals surface area contributed by atoms with E-state index in [0.717, 1.165) is 16.8 Å². The molecule has 1 N–H and O–H groups in total. The second kappa shape index (κ2) is 9.19. The van der Waals surface area contributed by atoms with E-state index in [4.69, 9.17) is 9.26 Å². The zero-order valence-electron chi connectivity index (χ0n) is 16.1. The monoisotopic (exact) mass is 380 g/mol. The Hall–Kier alpha value is -3.12. The molecule has 3 aromatic rings. The van der Waals surface area contributed by atoms with Crippen LogP contribution >= 0.6 is 0 Å². The second-order valence-corrected chi connectivity index (χ2v) is 6.52. The van der Waals surface area contributed by atoms with Crippen molar-refractivity contribution in [3.63, 3.8) is 0 Å². The third-order valence-electron chi connectivity index (χ3n) is 4.54. The summed E-state index contributed by atoms with van der Waals surface area (Å²) in [5.74, 6) is 1.00. The molecule has 2 aromatic carbocycles. The van der Waals surface area contributed by atoms with Crippen LogP contribution in [0.4, 0.5) is 0 Å². The molecule has 0 fully saturated rings. The van der Waals surface area contributed by atoms with E-state index >= 15 is 0 Å². The standard InChI is InChI=1S/C22H24N2O4/c1-16-20(17(2)28-23-16)15-27-21-11-7-6-10-19(21)22(26)24(12-13-25)14-18-8-4-3-5-9-18/h3-11,25H,12-15H2,1-2H3. The second-order valence-electron chi connectivity index (χ2n) is 6.52. The molecule has 0 aliphatic carbocycles. The van der Waals surface area contributed by atoms with E-state index in [-0.39, 0.29) is 25.7 Å². The van der Waals surface area contributed by atoms with Crippen LogP contribution in [0.2, 0.25) is 0 Å². The highest BCUT2D eigenvalue weighted by atomic mass is 16.5. The van der Waals surface area contributed by atoms with Gasteiger partial charge in [-0.25, -0.2) is 0 Å². The van der Waals surface area contributed by atoms with Crippen LogP contribution in [0.25, 0.3) is 0 Å². The first-order valence-electron chi connectivity index (χ1n) is 9.17. The molecule has 0 unspecified atom stereocenters. The number of nitrogens with zero attached hydrogens (tertiary/aromatic N) is 2. The Bertz CT molecular complexity index is 902. The number of aliphatic hydroxyl groups excluding tert-OH is 1. The van der Waals surface area contributed by atoms with Crippen molar-refractivity contribution >= 4 is 5.91 Å². The smallest absolute Gasteiger partial charge is 0.257 e. The summed E-state index contributed by atoms with van der Waals surface area (Å²) >= 11 is 0. The van der Waals surface area contributed by atoms with Crippen LogP contribution in [0.3, 0.4) is 0 Å². The average Bonchev–Trinajstić information content (AvgIpc) is 3.04. The molecule has 0 bridgehead atoms. The number of ether oxygens (including phenoxy) is 1. The molecule has 0 aliphatic rings. The van der Waals surface area contributed by atoms with Gasteiger partial charge in [0.2, 0.25) is 0 Å². The number of rotatable bonds is 8. The molecule has 28 heavy (non-hydrogen) atoms. The Labute approximate surface area is 164 Å². The van der Waals surface area contributed by atoms with Gasteiger partial charge in [0.15, 0.2) is 0 Å². The number of aromatic nitrogens is 1. The van der Waals surface area contributed by atoms with Crippen LogP contribution in [-0.4, -0.2) is 34.2 Å². The maximum Gasteiger partial charge on any atom is 0.257 e. The van der Waals surface area contributed by atoms with Crippen molar-refractivity contribution in [2.45, 2.75) is 27.0 Å². The van der Waals surface area contributed by atoms with E-state index in [1.165, 1.54) is 0 Å². The van der Waals surface area contributed by atoms with Crippen LogP contribution in [0.15, 0.2) is 59.1 Å². The van der Waals surface area contributed by atoms with E-state index in [1.807, 2.05) is 50.2 Å². The molecule has 0 saturated heterocycles. The Morgan fingerprint density at radius 1 is 1.11 bits per heavy atom. The lowest BCUT2D eigenvalue weighted by Crippen LogP contribution is -2.33. The topological polar surface area (TPSA) is 75.8 Å². The molecular weight excluding hydrogens is 356 g/mol. The fourth-order valence-electron chi connectivity index (χ4n) is 2.97. The van der Waals surface area contributed by atoms with Gasteiger partial charge >= 0.3 is 0 Å². The van der Waals surface area contributed by atoms with Crippen molar-refractivity contribution in [2.24, 2.45) is 0 Å². The van der Waals surface area contributed by atoms with Gasteiger partial charge in [0, 0.05) is 13.1 Å². The molecule has 1 aromatic heterocycles. The highest BCUT2D eigenvalue weighted by Gasteiger charge is 2.20. The lowest BCUT2D eigenvalue weighted by atomic mass is 10.1. The SMILES string of the molecule is Cc1noc(C)c1COc1ccccc1C(=O)N(CCO)Cc1ccccc1. The Balaban J connectivity index is 1.80. The molecular formula is C22H24N2O4. The van der Waals surface area contributed by atoms with Gasteiger partial charge in [0.25, 0.3) is 5.91 Å². The van der Waals surface area contributed by atoms with Crippen LogP contribution in [0.5, 0.6) is 5.75 Å². The quantitative estimate of drug-likeness (QED) is 0.647. The van der Waals surface area contributed by atoms with E-state index in [1.54, 1.807) is 23.1 Å². The third-order valence-corrected chi connectivity index (χ3v) is 4.54. The lowest BCUT2D eigenvalue weighted by Gasteiger charge is -2.23. The van der Waals surface area contributed by atoms with Gasteiger partial charge in [-0.3, -0.25) is 4.79 Å². The fraction of sp³-hybridized carbons (Fsp3) is 0.273. The number of benzene rings is 2. The van der Waals surface area contributed by atoms with E-state index < -0.39 is 0 Å². The third kappa shape index (κ3) is 4.58. The molecule has 0 atom stereocenters. The molecule has 6 heteroatoms. The Morgan fingerprint density at radius 2 is 1.82 bits per heavy atom. The van der Waals surface area contributed by atoms with Crippen molar-refractivity contribution < 1.29 is 19.2 Å². The van der Waals surface area contributed by atoms with Crippen molar-refractivity contribution in [3.05, 3.63) is 82.7 Å². The Morgan fingerprint density at radius 3 is 2.50 bits per heavy atom. The highest BCUT2D eigenvalue weighted by Crippen LogP contribution is 2.23. The zero-order chi connectivity index (χ0) is 19.9. The van der Waals surface area contributed by atoms with Gasteiger partial charge in [-0.2, -0.15) is 0 Å². The summed E-state index contributed by atoms with van der Waals surface area (Å²) in [7, 11) is 0. The number of amides is 1. The van der Waals surface area contributed by atoms with Gasteiger partial charge in [0.05, 0.1) is 23.4 Å². The molecule has 3 rings (SSSR count). The molecule has 0 aliphatic heterocycles. The average molecular weight is 380 g/mol. The fourth-order valence-corrected chi connectivity index (χ4v) is 2.97. The maximum absolute atomic E-state index is 13.2. The molecule has 6 nitrogen and oxygen atoms in total. The van der Waals surface area contributed by atoms with Crippen molar-refractivity contribution in [1.82, 2.24) is 10.1 Å². The number of para-hydroxylation sites is 1. The molecule has 0 spiro atoms. The maximum atomic E-state index is 13.2. The number of carbonyl (C=O) groups excluding carboxylic acids is 1. The van der Waals surface area contributed by atoms with E-state index in [2.05, 4.69) is 5.16 Å². The first-order chi connectivity index (χ1) is 13.6. The molecule has 1 amide bonds. The van der Waals surface area contributed by atoms with Crippen molar-refractivity contribution in [1.29, 1.82) is 0 Å². The van der Waals surface area contributed by atoms with E-state index in [9.17, 15) is 9.90 Å². The zero-order valence-corrected chi connectivity index (χ0v) is 16.1. The van der Waals surface area contributed by atoms with Crippen LogP contribution in [-0.2, 0) is 13.2 Å². The summed E-state index contributed by atoms with van der Waals surface area (Å²) in [4.78, 5) is 14.8. The summed E-state index contributed by atoms with van der Waals surface area (Å²) < 4.78 is 11.1. The van der Waals surface area contributed by atoms with Crippen LogP contribution in [0, 0.1) is 13.8 Å². The van der Waals surface area contributed by atoms with Crippen molar-refractivity contribution in [3.8, 4) is 5.75 Å². The minimum Gasteiger partial charge on any atom is -0.488 e. The minimum absolute atomic E-state index is 0.110. The largest absolute Gasteiger partial charge is 0.488 e. The summed E-state index contributed by atoms with van der Waals surface area (Å²) in [6.45, 7) is 4.50. The van der Waals surface area contributed by atoms with Gasteiger partial charge < -0.3 is 19.3 Å². The normalized spacial score (nSPS) is 10.7. The number of carbonyl (C=O) groups is 1. The number of hydrogen-bond acceptors (Lipinski definition) is 5. The predicted octanol–water partition coefficient (Wildman–Crippen LogP) is 3.51. The lowest BCUT2D eigenvalue weighted by molar-refractivity contribution is 0.0703. The molecule has 0 radical (unpaired) electrons. The highest BCUT2D eigenvalue weighted by molar-refractivity contribution is 5.96. The van der Waals surface area contributed by atoms with Crippen LogP contribution < -0.4 is 4.74 Å². The summed E-state index contributed by atoms with van der Waals surface area (Å²) in [6, 6.07) is 16.8. The van der Waals surface area contributed by atoms with E-state index in [0.29, 0.717) is 23.6 Å². The summed E-state index contributed by atoms with van der Waals surface area (Å²) in [5.41, 5.74) is 3.10. The molecule has 1 heterocycles. The summed E-state index contributed by atoms with van der Waals surface area (Å²) in [5, 5.41) is 13.4. The van der Waals surface area contributed by atoms with Gasteiger partial charge in [-0.05, 0) is 31.5 Å². The van der Waals surface area contributed by atoms with Gasteiger partial charge in [-0.15, -0.1) is 0 Å². The minimum atomic E-state index is -0.188. The summed E-state index contributed by atoms with van der Waals surface area (Å²) in [6.07, 6.45) is 0. The number of aliphatic hydroxyl groups is 1. The number of hydrogen-bond donors (Lipinski definition) is 1. The predicted molar refractivity (Wildman–Crippen MR) is 105 cm³/mol. The van der Waals surface area contributed by atoms with Crippen molar-refractivity contribution in [2.75, 3.05) is 13.2 Å². The van der Waals surface area contributed by atoms with Gasteiger partial charge in [0.1, 0.15) is 18.1 Å². The number of aryl methyl sites for hydroxylation is 2. The van der Waals surface area contributed by atoms with Crippen LogP contribution in [0.1, 0.15) is 32.9 Å². The molecule has 146 valence electrons. The van der Waals surface area contributed by atoms with Gasteiger partial charge in [-0.1, -0.05) is 47.6 Å². The first-order valence-corrected chi connectivity index (χ1v) is 9.17. The Kier molecular flexibility index (Phi) is 6.45. The molecule has 0 saturated carbocycles. The first kappa shape index (κ1) is 19.6.